The summed E-state index contributed by atoms with van der Waals surface area (Å²) in [6, 6.07) is 5.22. The van der Waals surface area contributed by atoms with Gasteiger partial charge in [0.15, 0.2) is 0 Å². The number of alkyl halides is 3. The van der Waals surface area contributed by atoms with E-state index in [4.69, 9.17) is 0 Å². The van der Waals surface area contributed by atoms with E-state index in [9.17, 15) is 13.2 Å². The first kappa shape index (κ1) is 20.3. The fourth-order valence-corrected chi connectivity index (χ4v) is 1.32. The molecule has 0 nitrogen and oxygen atoms in total. The van der Waals surface area contributed by atoms with Crippen LogP contribution < -0.4 is 0 Å². The number of benzene rings is 1. The van der Waals surface area contributed by atoms with Gasteiger partial charge in [0.05, 0.1) is 5.56 Å². The lowest BCUT2D eigenvalue weighted by molar-refractivity contribution is -0.137. The molecule has 112 valence electrons. The van der Waals surface area contributed by atoms with Gasteiger partial charge in [0.1, 0.15) is 0 Å². The Labute approximate surface area is 116 Å². The van der Waals surface area contributed by atoms with E-state index in [0.29, 0.717) is 5.56 Å². The molecule has 0 atom stereocenters. The molecule has 1 aromatic rings. The summed E-state index contributed by atoms with van der Waals surface area (Å²) in [5, 5.41) is 0. The molecule has 0 heterocycles. The molecule has 0 aliphatic carbocycles. The van der Waals surface area contributed by atoms with Gasteiger partial charge < -0.3 is 0 Å². The van der Waals surface area contributed by atoms with Crippen molar-refractivity contribution in [2.45, 2.75) is 66.5 Å². The first-order valence-electron chi connectivity index (χ1n) is 7.05. The number of hydrogen-bond donors (Lipinski definition) is 0. The van der Waals surface area contributed by atoms with Crippen molar-refractivity contribution in [2.24, 2.45) is 0 Å². The summed E-state index contributed by atoms with van der Waals surface area (Å²) in [4.78, 5) is 0. The summed E-state index contributed by atoms with van der Waals surface area (Å²) in [5.74, 6) is 0. The molecule has 0 N–H and O–H groups in total. The lowest BCUT2D eigenvalue weighted by atomic mass is 10.1. The predicted molar refractivity (Wildman–Crippen MR) is 77.3 cm³/mol. The minimum absolute atomic E-state index is 0.586. The molecule has 0 saturated heterocycles. The van der Waals surface area contributed by atoms with Gasteiger partial charge in [-0.3, -0.25) is 0 Å². The van der Waals surface area contributed by atoms with E-state index >= 15 is 0 Å². The predicted octanol–water partition coefficient (Wildman–Crippen LogP) is 6.63. The highest BCUT2D eigenvalue weighted by Crippen LogP contribution is 2.29. The van der Waals surface area contributed by atoms with Crippen LogP contribution in [0.2, 0.25) is 0 Å². The van der Waals surface area contributed by atoms with E-state index in [2.05, 4.69) is 13.8 Å². The topological polar surface area (TPSA) is 0 Å². The Morgan fingerprint density at radius 1 is 0.947 bits per heavy atom. The van der Waals surface area contributed by atoms with E-state index in [1.165, 1.54) is 31.7 Å². The zero-order chi connectivity index (χ0) is 15.3. The molecule has 0 saturated carbocycles. The average molecular weight is 276 g/mol. The van der Waals surface area contributed by atoms with Crippen LogP contribution >= 0.6 is 0 Å². The second-order valence-corrected chi connectivity index (χ2v) is 4.07. The summed E-state index contributed by atoms with van der Waals surface area (Å²) in [6.45, 7) is 10.1. The third-order valence-electron chi connectivity index (χ3n) is 2.30. The second kappa shape index (κ2) is 12.1. The first-order valence-corrected chi connectivity index (χ1v) is 7.05. The number of aryl methyl sites for hydroxylation is 1. The van der Waals surface area contributed by atoms with Crippen LogP contribution in [0.4, 0.5) is 13.2 Å². The summed E-state index contributed by atoms with van der Waals surface area (Å²) >= 11 is 0. The second-order valence-electron chi connectivity index (χ2n) is 4.07. The zero-order valence-corrected chi connectivity index (χ0v) is 12.8. The molecule has 1 aromatic carbocycles. The third-order valence-corrected chi connectivity index (χ3v) is 2.30. The van der Waals surface area contributed by atoms with E-state index in [1.807, 2.05) is 13.8 Å². The summed E-state index contributed by atoms with van der Waals surface area (Å²) in [6.07, 6.45) is 1.32. The zero-order valence-electron chi connectivity index (χ0n) is 12.8. The first-order chi connectivity index (χ1) is 8.91. The Morgan fingerprint density at radius 2 is 1.42 bits per heavy atom. The molecule has 0 aliphatic rings. The maximum atomic E-state index is 12.0. The molecular formula is C16H27F3. The summed E-state index contributed by atoms with van der Waals surface area (Å²) < 4.78 is 35.9. The normalized spacial score (nSPS) is 9.89. The Hall–Kier alpha value is -0.990. The van der Waals surface area contributed by atoms with Crippen molar-refractivity contribution in [3.05, 3.63) is 35.4 Å². The molecule has 0 unspecified atom stereocenters. The van der Waals surface area contributed by atoms with E-state index in [1.54, 1.807) is 13.0 Å². The Kier molecular flexibility index (Phi) is 12.9. The average Bonchev–Trinajstić information content (AvgIpc) is 2.38. The van der Waals surface area contributed by atoms with Crippen molar-refractivity contribution in [3.63, 3.8) is 0 Å². The largest absolute Gasteiger partial charge is 0.416 e. The molecule has 19 heavy (non-hydrogen) atoms. The van der Waals surface area contributed by atoms with Crippen molar-refractivity contribution in [3.8, 4) is 0 Å². The maximum Gasteiger partial charge on any atom is 0.416 e. The van der Waals surface area contributed by atoms with Crippen LogP contribution in [0.3, 0.4) is 0 Å². The smallest absolute Gasteiger partial charge is 0.166 e. The Balaban J connectivity index is 0. The lowest BCUT2D eigenvalue weighted by Crippen LogP contribution is -2.04. The van der Waals surface area contributed by atoms with Crippen LogP contribution in [-0.2, 0) is 6.18 Å². The monoisotopic (exact) mass is 276 g/mol. The van der Waals surface area contributed by atoms with Gasteiger partial charge >= 0.3 is 6.18 Å². The van der Waals surface area contributed by atoms with Gasteiger partial charge in [-0.25, -0.2) is 0 Å². The van der Waals surface area contributed by atoms with Crippen LogP contribution in [0.5, 0.6) is 0 Å². The van der Waals surface area contributed by atoms with Gasteiger partial charge in [0.2, 0.25) is 0 Å². The summed E-state index contributed by atoms with van der Waals surface area (Å²) in [5.41, 5.74) is 0.0392. The number of unbranched alkanes of at least 4 members (excludes halogenated alkanes) is 3. The van der Waals surface area contributed by atoms with Gasteiger partial charge in [-0.2, -0.15) is 13.2 Å². The van der Waals surface area contributed by atoms with E-state index in [-0.39, 0.29) is 0 Å². The van der Waals surface area contributed by atoms with Crippen molar-refractivity contribution in [2.75, 3.05) is 0 Å². The van der Waals surface area contributed by atoms with Crippen LogP contribution in [0, 0.1) is 6.92 Å². The SMILES string of the molecule is CC.CCCCCC.Cc1cccc(C(F)(F)F)c1. The highest BCUT2D eigenvalue weighted by molar-refractivity contribution is 5.24. The lowest BCUT2D eigenvalue weighted by Gasteiger charge is -2.05. The van der Waals surface area contributed by atoms with Gasteiger partial charge in [0.25, 0.3) is 0 Å². The molecule has 0 radical (unpaired) electrons. The molecule has 3 heteroatoms. The van der Waals surface area contributed by atoms with Gasteiger partial charge in [-0.1, -0.05) is 77.1 Å². The molecule has 0 amide bonds. The van der Waals surface area contributed by atoms with Crippen LogP contribution in [-0.4, -0.2) is 0 Å². The van der Waals surface area contributed by atoms with Crippen LogP contribution in [0.25, 0.3) is 0 Å². The number of hydrogen-bond acceptors (Lipinski definition) is 0. The van der Waals surface area contributed by atoms with E-state index in [0.717, 1.165) is 12.1 Å². The summed E-state index contributed by atoms with van der Waals surface area (Å²) in [7, 11) is 0. The van der Waals surface area contributed by atoms with Crippen molar-refractivity contribution in [1.29, 1.82) is 0 Å². The van der Waals surface area contributed by atoms with Crippen molar-refractivity contribution in [1.82, 2.24) is 0 Å². The minimum Gasteiger partial charge on any atom is -0.166 e. The van der Waals surface area contributed by atoms with Gasteiger partial charge in [-0.05, 0) is 13.0 Å². The van der Waals surface area contributed by atoms with Crippen LogP contribution in [0.1, 0.15) is 64.5 Å². The van der Waals surface area contributed by atoms with Gasteiger partial charge in [0, 0.05) is 0 Å². The highest BCUT2D eigenvalue weighted by atomic mass is 19.4. The Bertz CT molecular complexity index is 299. The molecule has 0 fully saturated rings. The molecular weight excluding hydrogens is 249 g/mol. The van der Waals surface area contributed by atoms with Gasteiger partial charge in [-0.15, -0.1) is 0 Å². The number of rotatable bonds is 3. The molecule has 1 rings (SSSR count). The van der Waals surface area contributed by atoms with E-state index < -0.39 is 11.7 Å². The fraction of sp³-hybridized carbons (Fsp3) is 0.625. The molecule has 0 aromatic heterocycles. The van der Waals surface area contributed by atoms with Crippen molar-refractivity contribution < 1.29 is 13.2 Å². The number of halogens is 3. The quantitative estimate of drug-likeness (QED) is 0.544. The molecule has 0 bridgehead atoms. The highest BCUT2D eigenvalue weighted by Gasteiger charge is 2.29. The third kappa shape index (κ3) is 11.8. The maximum absolute atomic E-state index is 12.0. The standard InChI is InChI=1S/C8H7F3.C6H14.C2H6/c1-6-3-2-4-7(5-6)8(9,10)11;1-3-5-6-4-2;1-2/h2-5H,1H3;3-6H2,1-2H3;1-2H3. The molecule has 0 aliphatic heterocycles. The van der Waals surface area contributed by atoms with Crippen LogP contribution in [0.15, 0.2) is 24.3 Å². The van der Waals surface area contributed by atoms with Crippen molar-refractivity contribution >= 4 is 0 Å². The Morgan fingerprint density at radius 3 is 1.68 bits per heavy atom. The molecule has 0 spiro atoms. The minimum atomic E-state index is -4.22. The fourth-order valence-electron chi connectivity index (χ4n) is 1.32.